The van der Waals surface area contributed by atoms with Crippen LogP contribution >= 0.6 is 23.2 Å². The van der Waals surface area contributed by atoms with Crippen molar-refractivity contribution in [1.29, 1.82) is 0 Å². The molecular weight excluding hydrogens is 445 g/mol. The number of carbonyl (C=O) groups excluding carboxylic acids is 1. The van der Waals surface area contributed by atoms with E-state index in [1.807, 2.05) is 51.1 Å². The molecule has 1 amide bonds. The lowest BCUT2D eigenvalue weighted by Crippen LogP contribution is -2.30. The third-order valence-electron chi connectivity index (χ3n) is 5.69. The molecule has 0 aliphatic heterocycles. The van der Waals surface area contributed by atoms with E-state index in [0.29, 0.717) is 10.0 Å². The van der Waals surface area contributed by atoms with E-state index in [4.69, 9.17) is 28.2 Å². The highest BCUT2D eigenvalue weighted by Crippen LogP contribution is 2.26. The number of halogens is 2. The van der Waals surface area contributed by atoms with Gasteiger partial charge in [0.05, 0.1) is 44.9 Å². The van der Waals surface area contributed by atoms with Gasteiger partial charge in [-0.2, -0.15) is 5.10 Å². The number of rotatable bonds is 6. The Morgan fingerprint density at radius 3 is 2.59 bits per heavy atom. The zero-order chi connectivity index (χ0) is 23.0. The molecule has 4 aromatic rings. The lowest BCUT2D eigenvalue weighted by atomic mass is 10.1. The van der Waals surface area contributed by atoms with Crippen LogP contribution < -0.4 is 5.32 Å². The molecule has 0 fully saturated rings. The van der Waals surface area contributed by atoms with Crippen LogP contribution in [-0.4, -0.2) is 25.2 Å². The second-order valence-electron chi connectivity index (χ2n) is 7.83. The first-order chi connectivity index (χ1) is 15.3. The minimum absolute atomic E-state index is 0.0768. The Kier molecular flexibility index (Phi) is 6.26. The summed E-state index contributed by atoms with van der Waals surface area (Å²) < 4.78 is 3.93. The Morgan fingerprint density at radius 1 is 1.12 bits per heavy atom. The molecule has 2 heterocycles. The number of benzene rings is 2. The van der Waals surface area contributed by atoms with Gasteiger partial charge in [-0.05, 0) is 58.0 Å². The topological polar surface area (TPSA) is 64.7 Å². The predicted molar refractivity (Wildman–Crippen MR) is 129 cm³/mol. The van der Waals surface area contributed by atoms with Crippen LogP contribution in [0.4, 0.5) is 0 Å². The van der Waals surface area contributed by atoms with Crippen LogP contribution in [0.15, 0.2) is 42.5 Å². The van der Waals surface area contributed by atoms with E-state index in [0.717, 1.165) is 46.0 Å². The van der Waals surface area contributed by atoms with E-state index in [2.05, 4.69) is 21.9 Å². The number of hydrogen-bond donors (Lipinski definition) is 1. The van der Waals surface area contributed by atoms with Crippen molar-refractivity contribution in [3.63, 3.8) is 0 Å². The number of para-hydroxylation sites is 2. The van der Waals surface area contributed by atoms with Gasteiger partial charge in [0.1, 0.15) is 5.82 Å². The quantitative estimate of drug-likeness (QED) is 0.400. The second-order valence-corrected chi connectivity index (χ2v) is 8.64. The first kappa shape index (κ1) is 22.4. The molecule has 0 saturated heterocycles. The minimum atomic E-state index is -0.222. The molecular formula is C24H25Cl2N5O. The fraction of sp³-hybridized carbons (Fsp3) is 0.292. The van der Waals surface area contributed by atoms with Gasteiger partial charge in [0.15, 0.2) is 0 Å². The molecule has 0 spiro atoms. The van der Waals surface area contributed by atoms with Gasteiger partial charge in [0.25, 0.3) is 0 Å². The summed E-state index contributed by atoms with van der Waals surface area (Å²) in [6.07, 6.45) is 0.232. The van der Waals surface area contributed by atoms with Crippen LogP contribution in [0.5, 0.6) is 0 Å². The van der Waals surface area contributed by atoms with Gasteiger partial charge in [0.2, 0.25) is 5.91 Å². The van der Waals surface area contributed by atoms with Gasteiger partial charge in [-0.15, -0.1) is 0 Å². The van der Waals surface area contributed by atoms with Gasteiger partial charge in [-0.25, -0.2) is 9.67 Å². The zero-order valence-electron chi connectivity index (χ0n) is 18.5. The Labute approximate surface area is 197 Å². The first-order valence-electron chi connectivity index (χ1n) is 10.5. The van der Waals surface area contributed by atoms with E-state index >= 15 is 0 Å². The van der Waals surface area contributed by atoms with Gasteiger partial charge in [-0.1, -0.05) is 35.3 Å². The molecule has 1 N–H and O–H groups in total. The van der Waals surface area contributed by atoms with Crippen molar-refractivity contribution in [2.24, 2.45) is 0 Å². The lowest BCUT2D eigenvalue weighted by molar-refractivity contribution is -0.121. The highest BCUT2D eigenvalue weighted by atomic mass is 35.5. The van der Waals surface area contributed by atoms with Crippen molar-refractivity contribution in [2.75, 3.05) is 0 Å². The molecule has 166 valence electrons. The number of aromatic nitrogens is 4. The molecule has 1 unspecified atom stereocenters. The number of amides is 1. The average molecular weight is 470 g/mol. The SMILES string of the molecule is CCn1c(C(C)NC(=O)Cc2c(C)nn(-c3ccc(Cl)c(Cl)c3)c2C)nc2ccccc21. The number of nitrogens with zero attached hydrogens (tertiary/aromatic N) is 4. The monoisotopic (exact) mass is 469 g/mol. The Hall–Kier alpha value is -2.83. The van der Waals surface area contributed by atoms with Crippen molar-refractivity contribution in [1.82, 2.24) is 24.6 Å². The molecule has 32 heavy (non-hydrogen) atoms. The summed E-state index contributed by atoms with van der Waals surface area (Å²) in [6.45, 7) is 8.68. The maximum atomic E-state index is 12.9. The molecule has 4 rings (SSSR count). The molecule has 0 aliphatic carbocycles. The predicted octanol–water partition coefficient (Wildman–Crippen LogP) is 5.59. The molecule has 6 nitrogen and oxygen atoms in total. The number of carbonyl (C=O) groups is 1. The number of imidazole rings is 1. The first-order valence-corrected chi connectivity index (χ1v) is 11.3. The second kappa shape index (κ2) is 8.96. The van der Waals surface area contributed by atoms with Gasteiger partial charge >= 0.3 is 0 Å². The summed E-state index contributed by atoms with van der Waals surface area (Å²) in [5.74, 6) is 0.772. The molecule has 0 radical (unpaired) electrons. The fourth-order valence-electron chi connectivity index (χ4n) is 4.07. The molecule has 0 saturated carbocycles. The standard InChI is InChI=1S/C24H25Cl2N5O/c1-5-30-22-9-7-6-8-21(22)28-24(30)15(3)27-23(32)13-18-14(2)29-31(16(18)4)17-10-11-19(25)20(26)12-17/h6-12,15H,5,13H2,1-4H3,(H,27,32). The molecule has 2 aromatic heterocycles. The normalized spacial score (nSPS) is 12.3. The number of nitrogens with one attached hydrogen (secondary N) is 1. The molecule has 8 heteroatoms. The van der Waals surface area contributed by atoms with Crippen molar-refractivity contribution in [3.8, 4) is 5.69 Å². The summed E-state index contributed by atoms with van der Waals surface area (Å²) in [7, 11) is 0. The molecule has 0 bridgehead atoms. The smallest absolute Gasteiger partial charge is 0.225 e. The third kappa shape index (κ3) is 4.12. The van der Waals surface area contributed by atoms with Crippen molar-refractivity contribution in [2.45, 2.75) is 46.7 Å². The van der Waals surface area contributed by atoms with E-state index in [9.17, 15) is 4.79 Å². The Bertz CT molecular complexity index is 1310. The van der Waals surface area contributed by atoms with E-state index in [1.54, 1.807) is 16.8 Å². The van der Waals surface area contributed by atoms with Crippen molar-refractivity contribution in [3.05, 3.63) is 75.3 Å². The van der Waals surface area contributed by atoms with Gasteiger partial charge in [0, 0.05) is 17.8 Å². The maximum Gasteiger partial charge on any atom is 0.225 e. The number of hydrogen-bond acceptors (Lipinski definition) is 3. The van der Waals surface area contributed by atoms with Crippen LogP contribution in [-0.2, 0) is 17.8 Å². The summed E-state index contributed by atoms with van der Waals surface area (Å²) in [4.78, 5) is 17.7. The summed E-state index contributed by atoms with van der Waals surface area (Å²) in [5, 5.41) is 8.67. The van der Waals surface area contributed by atoms with E-state index in [1.165, 1.54) is 0 Å². The third-order valence-corrected chi connectivity index (χ3v) is 6.43. The fourth-order valence-corrected chi connectivity index (χ4v) is 4.37. The summed E-state index contributed by atoms with van der Waals surface area (Å²) in [5.41, 5.74) is 5.39. The largest absolute Gasteiger partial charge is 0.346 e. The average Bonchev–Trinajstić information content (AvgIpc) is 3.28. The van der Waals surface area contributed by atoms with Crippen molar-refractivity contribution >= 4 is 40.1 Å². The van der Waals surface area contributed by atoms with Crippen molar-refractivity contribution < 1.29 is 4.79 Å². The lowest BCUT2D eigenvalue weighted by Gasteiger charge is -2.15. The van der Waals surface area contributed by atoms with Crippen LogP contribution in [0.2, 0.25) is 10.0 Å². The van der Waals surface area contributed by atoms with E-state index in [-0.39, 0.29) is 18.4 Å². The molecule has 2 aromatic carbocycles. The molecule has 1 atom stereocenters. The van der Waals surface area contributed by atoms with Crippen LogP contribution in [0.25, 0.3) is 16.7 Å². The minimum Gasteiger partial charge on any atom is -0.346 e. The summed E-state index contributed by atoms with van der Waals surface area (Å²) in [6, 6.07) is 13.2. The van der Waals surface area contributed by atoms with Gasteiger partial charge in [-0.3, -0.25) is 4.79 Å². The number of aryl methyl sites for hydroxylation is 2. The maximum absolute atomic E-state index is 12.9. The van der Waals surface area contributed by atoms with Crippen LogP contribution in [0.1, 0.15) is 42.7 Å². The Balaban J connectivity index is 1.55. The Morgan fingerprint density at radius 2 is 1.88 bits per heavy atom. The zero-order valence-corrected chi connectivity index (χ0v) is 20.0. The van der Waals surface area contributed by atoms with E-state index < -0.39 is 0 Å². The van der Waals surface area contributed by atoms with Crippen LogP contribution in [0.3, 0.4) is 0 Å². The number of fused-ring (bicyclic) bond motifs is 1. The summed E-state index contributed by atoms with van der Waals surface area (Å²) >= 11 is 12.2. The highest BCUT2D eigenvalue weighted by molar-refractivity contribution is 6.42. The van der Waals surface area contributed by atoms with Gasteiger partial charge < -0.3 is 9.88 Å². The molecule has 0 aliphatic rings. The van der Waals surface area contributed by atoms with Crippen LogP contribution in [0, 0.1) is 13.8 Å². The highest BCUT2D eigenvalue weighted by Gasteiger charge is 2.20.